The molecule has 2 aliphatic rings. The van der Waals surface area contributed by atoms with E-state index in [0.29, 0.717) is 35.1 Å². The average Bonchev–Trinajstić information content (AvgIpc) is 3.10. The van der Waals surface area contributed by atoms with Gasteiger partial charge in [0.05, 0.1) is 6.61 Å². The van der Waals surface area contributed by atoms with Gasteiger partial charge in [-0.3, -0.25) is 9.59 Å². The molecule has 2 saturated heterocycles. The van der Waals surface area contributed by atoms with Crippen molar-refractivity contribution in [2.45, 2.75) is 18.1 Å². The number of hydrogen-bond acceptors (Lipinski definition) is 5. The summed E-state index contributed by atoms with van der Waals surface area (Å²) in [7, 11) is 0. The molecule has 1 unspecified atom stereocenters. The highest BCUT2D eigenvalue weighted by molar-refractivity contribution is 6.30. The molecule has 168 valence electrons. The number of benzene rings is 2. The molecular formula is C22H24ClN4O5+. The Balaban J connectivity index is 1.87. The fourth-order valence-corrected chi connectivity index (χ4v) is 5.06. The molecule has 0 radical (unpaired) electrons. The Morgan fingerprint density at radius 3 is 2.34 bits per heavy atom. The Labute approximate surface area is 189 Å². The van der Waals surface area contributed by atoms with E-state index in [4.69, 9.17) is 27.8 Å². The smallest absolute Gasteiger partial charge is 0.387 e. The minimum atomic E-state index is -1.65. The van der Waals surface area contributed by atoms with Crippen LogP contribution in [0.3, 0.4) is 0 Å². The first-order chi connectivity index (χ1) is 15.2. The number of amides is 4. The van der Waals surface area contributed by atoms with Crippen LogP contribution in [0.15, 0.2) is 48.5 Å². The number of ether oxygens (including phenoxy) is 1. The van der Waals surface area contributed by atoms with Crippen LogP contribution in [0.25, 0.3) is 0 Å². The molecule has 2 aromatic rings. The lowest BCUT2D eigenvalue weighted by Gasteiger charge is -2.42. The highest BCUT2D eigenvalue weighted by Crippen LogP contribution is 2.49. The van der Waals surface area contributed by atoms with E-state index < -0.39 is 28.1 Å². The predicted molar refractivity (Wildman–Crippen MR) is 119 cm³/mol. The zero-order chi connectivity index (χ0) is 23.1. The number of nitrogens with zero attached hydrogens (tertiary/aromatic N) is 2. The van der Waals surface area contributed by atoms with Gasteiger partial charge in [-0.2, -0.15) is 4.48 Å². The van der Waals surface area contributed by atoms with E-state index in [9.17, 15) is 19.5 Å². The Kier molecular flexibility index (Phi) is 5.68. The minimum absolute atomic E-state index is 0.00257. The molecule has 4 rings (SSSR count). The van der Waals surface area contributed by atoms with Crippen molar-refractivity contribution < 1.29 is 24.2 Å². The van der Waals surface area contributed by atoms with Crippen LogP contribution in [-0.4, -0.2) is 55.4 Å². The van der Waals surface area contributed by atoms with Gasteiger partial charge in [-0.1, -0.05) is 23.7 Å². The molecule has 5 N–H and O–H groups in total. The van der Waals surface area contributed by atoms with Crippen molar-refractivity contribution in [3.8, 4) is 0 Å². The molecule has 10 heteroatoms. The number of rotatable bonds is 4. The highest BCUT2D eigenvalue weighted by Gasteiger charge is 2.68. The van der Waals surface area contributed by atoms with E-state index >= 15 is 0 Å². The van der Waals surface area contributed by atoms with Crippen LogP contribution in [-0.2, 0) is 19.9 Å². The number of hydrogen-bond donors (Lipinski definition) is 3. The first kappa shape index (κ1) is 22.2. The molecule has 0 bridgehead atoms. The van der Waals surface area contributed by atoms with E-state index in [1.165, 1.54) is 0 Å². The number of aliphatic hydroxyl groups is 1. The van der Waals surface area contributed by atoms with Gasteiger partial charge in [0.1, 0.15) is 24.9 Å². The van der Waals surface area contributed by atoms with Crippen LogP contribution in [0.2, 0.25) is 5.02 Å². The van der Waals surface area contributed by atoms with Crippen molar-refractivity contribution in [1.82, 2.24) is 4.48 Å². The maximum absolute atomic E-state index is 13.0. The number of likely N-dealkylation sites (tertiary alicyclic amines) is 1. The number of urea groups is 1. The van der Waals surface area contributed by atoms with E-state index in [0.717, 1.165) is 0 Å². The van der Waals surface area contributed by atoms with Crippen LogP contribution >= 0.6 is 11.6 Å². The number of morpholine rings is 1. The van der Waals surface area contributed by atoms with Crippen LogP contribution in [0.5, 0.6) is 0 Å². The van der Waals surface area contributed by atoms with Crippen molar-refractivity contribution in [1.29, 1.82) is 0 Å². The molecule has 32 heavy (non-hydrogen) atoms. The van der Waals surface area contributed by atoms with Gasteiger partial charge in [0.25, 0.3) is 11.8 Å². The van der Waals surface area contributed by atoms with Crippen molar-refractivity contribution in [3.63, 3.8) is 0 Å². The molecule has 2 aromatic carbocycles. The summed E-state index contributed by atoms with van der Waals surface area (Å²) in [6, 6.07) is 12.2. The number of quaternary nitrogens is 1. The zero-order valence-electron chi connectivity index (χ0n) is 17.2. The Bertz CT molecular complexity index is 1060. The summed E-state index contributed by atoms with van der Waals surface area (Å²) < 4.78 is 4.50. The van der Waals surface area contributed by atoms with E-state index in [-0.39, 0.29) is 25.5 Å². The van der Waals surface area contributed by atoms with Gasteiger partial charge in [0.15, 0.2) is 0 Å². The van der Waals surface area contributed by atoms with Crippen LogP contribution < -0.4 is 20.9 Å². The van der Waals surface area contributed by atoms with E-state index in [2.05, 4.69) is 0 Å². The normalized spacial score (nSPS) is 28.0. The second-order valence-corrected chi connectivity index (χ2v) is 8.47. The highest BCUT2D eigenvalue weighted by atomic mass is 35.5. The van der Waals surface area contributed by atoms with Gasteiger partial charge in [0, 0.05) is 41.4 Å². The summed E-state index contributed by atoms with van der Waals surface area (Å²) in [6.45, 7) is 0.702. The summed E-state index contributed by atoms with van der Waals surface area (Å²) in [5.74, 6) is -0.966. The number of anilines is 1. The number of halogens is 1. The summed E-state index contributed by atoms with van der Waals surface area (Å²) in [5.41, 5.74) is 11.6. The Hall–Kier alpha value is -2.98. The summed E-state index contributed by atoms with van der Waals surface area (Å²) in [6.07, 6.45) is -1.10. The molecule has 0 saturated carbocycles. The van der Waals surface area contributed by atoms with Crippen molar-refractivity contribution in [2.24, 2.45) is 11.5 Å². The molecule has 0 aromatic heterocycles. The maximum Gasteiger partial charge on any atom is 0.420 e. The minimum Gasteiger partial charge on any atom is -0.387 e. The van der Waals surface area contributed by atoms with Gasteiger partial charge < -0.3 is 26.2 Å². The molecule has 0 aliphatic carbocycles. The fraction of sp³-hybridized carbons (Fsp3) is 0.318. The molecular weight excluding hydrogens is 436 g/mol. The van der Waals surface area contributed by atoms with E-state index in [1.54, 1.807) is 53.4 Å². The predicted octanol–water partition coefficient (Wildman–Crippen LogP) is 1.23. The molecule has 3 atom stereocenters. The molecule has 9 nitrogen and oxygen atoms in total. The van der Waals surface area contributed by atoms with E-state index in [1.807, 2.05) is 0 Å². The maximum atomic E-state index is 13.0. The second kappa shape index (κ2) is 8.18. The summed E-state index contributed by atoms with van der Waals surface area (Å²) >= 11 is 6.02. The number of carbonyl (C=O) groups excluding carboxylic acids is 3. The van der Waals surface area contributed by atoms with Gasteiger partial charge >= 0.3 is 6.03 Å². The first-order valence-corrected chi connectivity index (χ1v) is 10.5. The zero-order valence-corrected chi connectivity index (χ0v) is 18.0. The molecule has 2 heterocycles. The quantitative estimate of drug-likeness (QED) is 0.591. The monoisotopic (exact) mass is 459 g/mol. The number of primary amides is 2. The SMILES string of the molecule is NC(=O)[C@]1(c2ccc(N3CCOCC3=O)cc2)C[C@H](O)C[N+]1(C(N)=O)c1ccc(Cl)cc1. The topological polar surface area (TPSA) is 136 Å². The fourth-order valence-electron chi connectivity index (χ4n) is 4.94. The average molecular weight is 460 g/mol. The number of carbonyl (C=O) groups is 3. The third-order valence-corrected chi connectivity index (χ3v) is 6.61. The van der Waals surface area contributed by atoms with Crippen LogP contribution in [0.4, 0.5) is 16.2 Å². The Morgan fingerprint density at radius 2 is 1.78 bits per heavy atom. The molecule has 0 spiro atoms. The number of aliphatic hydroxyl groups excluding tert-OH is 1. The van der Waals surface area contributed by atoms with Crippen LogP contribution in [0.1, 0.15) is 12.0 Å². The lowest BCUT2D eigenvalue weighted by molar-refractivity contribution is -0.127. The standard InChI is InChI=1S/C22H23ClN4O5/c23-15-3-7-17(8-4-15)27(21(25)31)12-18(28)11-22(27,20(24)30)14-1-5-16(6-2-14)26-9-10-32-13-19(26)29/h1-8,18,28H,9-13H2,(H3-,24,25,30,31)/p+1/t18-,22+,27?/m0/s1. The van der Waals surface area contributed by atoms with Crippen molar-refractivity contribution in [2.75, 3.05) is 31.2 Å². The molecule has 2 fully saturated rings. The third kappa shape index (κ3) is 3.25. The Morgan fingerprint density at radius 1 is 1.12 bits per heavy atom. The lowest BCUT2D eigenvalue weighted by Crippen LogP contribution is -2.70. The van der Waals surface area contributed by atoms with Crippen LogP contribution in [0, 0.1) is 0 Å². The van der Waals surface area contributed by atoms with Crippen molar-refractivity contribution >= 4 is 40.8 Å². The lowest BCUT2D eigenvalue weighted by atomic mass is 9.83. The molecule has 2 aliphatic heterocycles. The van der Waals surface area contributed by atoms with Gasteiger partial charge in [-0.05, 0) is 24.3 Å². The second-order valence-electron chi connectivity index (χ2n) is 8.03. The first-order valence-electron chi connectivity index (χ1n) is 10.1. The third-order valence-electron chi connectivity index (χ3n) is 6.36. The largest absolute Gasteiger partial charge is 0.420 e. The van der Waals surface area contributed by atoms with Crippen molar-refractivity contribution in [3.05, 3.63) is 59.1 Å². The number of nitrogens with two attached hydrogens (primary N) is 2. The summed E-state index contributed by atoms with van der Waals surface area (Å²) in [5, 5.41) is 11.1. The van der Waals surface area contributed by atoms with Gasteiger partial charge in [-0.25, -0.2) is 4.79 Å². The summed E-state index contributed by atoms with van der Waals surface area (Å²) in [4.78, 5) is 39.8. The van der Waals surface area contributed by atoms with Gasteiger partial charge in [-0.15, -0.1) is 0 Å². The van der Waals surface area contributed by atoms with Gasteiger partial charge in [0.2, 0.25) is 5.54 Å². The molecule has 4 amide bonds.